The zero-order valence-electron chi connectivity index (χ0n) is 13.3. The number of rotatable bonds is 4. The number of carbonyl (C=O) groups excluding carboxylic acids is 3. The average Bonchev–Trinajstić information content (AvgIpc) is 2.59. The van der Waals surface area contributed by atoms with Gasteiger partial charge in [-0.3, -0.25) is 14.4 Å². The molecule has 2 amide bonds. The van der Waals surface area contributed by atoms with Gasteiger partial charge in [-0.2, -0.15) is 0 Å². The van der Waals surface area contributed by atoms with Gasteiger partial charge < -0.3 is 14.5 Å². The molecule has 0 aliphatic carbocycles. The molecule has 0 N–H and O–H groups in total. The van der Waals surface area contributed by atoms with E-state index in [4.69, 9.17) is 4.74 Å². The molecule has 122 valence electrons. The van der Waals surface area contributed by atoms with Crippen molar-refractivity contribution in [2.45, 2.75) is 6.92 Å². The molecule has 6 nitrogen and oxygen atoms in total. The number of amides is 2. The number of benzene rings is 1. The van der Waals surface area contributed by atoms with Crippen molar-refractivity contribution in [2.75, 3.05) is 33.3 Å². The van der Waals surface area contributed by atoms with Crippen molar-refractivity contribution in [3.05, 3.63) is 42.0 Å². The predicted molar refractivity (Wildman–Crippen MR) is 85.3 cm³/mol. The summed E-state index contributed by atoms with van der Waals surface area (Å²) in [6, 6.07) is 6.71. The topological polar surface area (TPSA) is 66.9 Å². The number of nitrogens with zero attached hydrogens (tertiary/aromatic N) is 2. The highest BCUT2D eigenvalue weighted by molar-refractivity contribution is 6.07. The highest BCUT2D eigenvalue weighted by Gasteiger charge is 2.20. The van der Waals surface area contributed by atoms with Gasteiger partial charge in [0.2, 0.25) is 11.8 Å². The Hall–Kier alpha value is -2.63. The quantitative estimate of drug-likeness (QED) is 0.617. The summed E-state index contributed by atoms with van der Waals surface area (Å²) in [5, 5.41) is 0. The number of carbonyl (C=O) groups is 3. The maximum absolute atomic E-state index is 12.1. The molecule has 6 heteroatoms. The number of piperazine rings is 1. The monoisotopic (exact) mass is 316 g/mol. The van der Waals surface area contributed by atoms with E-state index < -0.39 is 0 Å². The molecule has 1 aliphatic rings. The molecule has 1 fully saturated rings. The highest BCUT2D eigenvalue weighted by Crippen LogP contribution is 2.12. The lowest BCUT2D eigenvalue weighted by Gasteiger charge is -2.33. The van der Waals surface area contributed by atoms with E-state index in [1.807, 2.05) is 0 Å². The van der Waals surface area contributed by atoms with Gasteiger partial charge in [0.25, 0.3) is 0 Å². The van der Waals surface area contributed by atoms with E-state index >= 15 is 0 Å². The molecule has 1 aromatic carbocycles. The van der Waals surface area contributed by atoms with Crippen LogP contribution >= 0.6 is 0 Å². The lowest BCUT2D eigenvalue weighted by molar-refractivity contribution is -0.135. The molecule has 1 aromatic rings. The Kier molecular flexibility index (Phi) is 5.51. The van der Waals surface area contributed by atoms with Gasteiger partial charge in [0.05, 0.1) is 7.11 Å². The van der Waals surface area contributed by atoms with E-state index in [0.717, 1.165) is 0 Å². The molecular weight excluding hydrogens is 296 g/mol. The van der Waals surface area contributed by atoms with Crippen LogP contribution in [0.5, 0.6) is 5.75 Å². The Morgan fingerprint density at radius 1 is 0.957 bits per heavy atom. The third-order valence-electron chi connectivity index (χ3n) is 3.79. The predicted octanol–water partition coefficient (Wildman–Crippen LogP) is 1.12. The molecule has 0 saturated carbocycles. The third kappa shape index (κ3) is 4.42. The summed E-state index contributed by atoms with van der Waals surface area (Å²) in [4.78, 5) is 38.7. The van der Waals surface area contributed by atoms with Crippen LogP contribution in [0, 0.1) is 0 Å². The number of ether oxygens (including phenoxy) is 1. The van der Waals surface area contributed by atoms with Crippen molar-refractivity contribution in [1.82, 2.24) is 9.80 Å². The number of hydrogen-bond donors (Lipinski definition) is 0. The molecule has 1 heterocycles. The Morgan fingerprint density at radius 3 is 2.04 bits per heavy atom. The van der Waals surface area contributed by atoms with E-state index in [1.165, 1.54) is 19.1 Å². The van der Waals surface area contributed by atoms with Crippen LogP contribution < -0.4 is 4.74 Å². The van der Waals surface area contributed by atoms with Crippen LogP contribution in [0.1, 0.15) is 17.3 Å². The largest absolute Gasteiger partial charge is 0.497 e. The zero-order chi connectivity index (χ0) is 16.8. The van der Waals surface area contributed by atoms with Crippen molar-refractivity contribution in [2.24, 2.45) is 0 Å². The fourth-order valence-corrected chi connectivity index (χ4v) is 2.35. The van der Waals surface area contributed by atoms with E-state index in [1.54, 1.807) is 41.2 Å². The van der Waals surface area contributed by atoms with Gasteiger partial charge in [0.1, 0.15) is 5.75 Å². The van der Waals surface area contributed by atoms with E-state index in [2.05, 4.69) is 0 Å². The first-order chi connectivity index (χ1) is 11.0. The van der Waals surface area contributed by atoms with Crippen molar-refractivity contribution >= 4 is 17.6 Å². The summed E-state index contributed by atoms with van der Waals surface area (Å²) in [5.74, 6) is 0.241. The molecule has 0 spiro atoms. The van der Waals surface area contributed by atoms with Crippen molar-refractivity contribution < 1.29 is 19.1 Å². The third-order valence-corrected chi connectivity index (χ3v) is 3.79. The van der Waals surface area contributed by atoms with Crippen molar-refractivity contribution in [1.29, 1.82) is 0 Å². The minimum Gasteiger partial charge on any atom is -0.497 e. The van der Waals surface area contributed by atoms with Crippen molar-refractivity contribution in [3.63, 3.8) is 0 Å². The molecule has 0 atom stereocenters. The fourth-order valence-electron chi connectivity index (χ4n) is 2.35. The van der Waals surface area contributed by atoms with Gasteiger partial charge in [-0.05, 0) is 30.3 Å². The molecular formula is C17H20N2O4. The SMILES string of the molecule is COc1ccc(C(=O)/C=C/C(=O)N2CCN(C(C)=O)CC2)cc1. The molecule has 23 heavy (non-hydrogen) atoms. The number of hydrogen-bond acceptors (Lipinski definition) is 4. The van der Waals surface area contributed by atoms with E-state index in [0.29, 0.717) is 37.5 Å². The van der Waals surface area contributed by atoms with Gasteiger partial charge in [-0.15, -0.1) is 0 Å². The van der Waals surface area contributed by atoms with Gasteiger partial charge in [-0.25, -0.2) is 0 Å². The van der Waals surface area contributed by atoms with Crippen LogP contribution in [0.4, 0.5) is 0 Å². The lowest BCUT2D eigenvalue weighted by Crippen LogP contribution is -2.49. The molecule has 1 saturated heterocycles. The highest BCUT2D eigenvalue weighted by atomic mass is 16.5. The Bertz CT molecular complexity index is 614. The fraction of sp³-hybridized carbons (Fsp3) is 0.353. The minimum atomic E-state index is -0.233. The van der Waals surface area contributed by atoms with Crippen LogP contribution in [0.3, 0.4) is 0 Å². The molecule has 0 bridgehead atoms. The van der Waals surface area contributed by atoms with Crippen LogP contribution in [0.15, 0.2) is 36.4 Å². The maximum atomic E-state index is 12.1. The first-order valence-corrected chi connectivity index (χ1v) is 7.42. The summed E-state index contributed by atoms with van der Waals surface area (Å²) >= 11 is 0. The lowest BCUT2D eigenvalue weighted by atomic mass is 10.1. The summed E-state index contributed by atoms with van der Waals surface area (Å²) in [5.41, 5.74) is 0.497. The number of methoxy groups -OCH3 is 1. The summed E-state index contributed by atoms with van der Waals surface area (Å²) in [7, 11) is 1.56. The van der Waals surface area contributed by atoms with Crippen LogP contribution in [0.2, 0.25) is 0 Å². The molecule has 1 aliphatic heterocycles. The molecule has 2 rings (SSSR count). The van der Waals surface area contributed by atoms with Crippen LogP contribution in [-0.4, -0.2) is 60.7 Å². The number of ketones is 1. The zero-order valence-corrected chi connectivity index (χ0v) is 13.3. The minimum absolute atomic E-state index is 0.0160. The standard InChI is InChI=1S/C17H20N2O4/c1-13(20)18-9-11-19(12-10-18)17(22)8-7-16(21)14-3-5-15(23-2)6-4-14/h3-8H,9-12H2,1-2H3/b8-7+. The maximum Gasteiger partial charge on any atom is 0.246 e. The van der Waals surface area contributed by atoms with Gasteiger partial charge in [-0.1, -0.05) is 0 Å². The van der Waals surface area contributed by atoms with E-state index in [9.17, 15) is 14.4 Å². The van der Waals surface area contributed by atoms with E-state index in [-0.39, 0.29) is 17.6 Å². The summed E-state index contributed by atoms with van der Waals surface area (Å²) in [6.07, 6.45) is 2.57. The Morgan fingerprint density at radius 2 is 1.52 bits per heavy atom. The average molecular weight is 316 g/mol. The Labute approximate surface area is 135 Å². The smallest absolute Gasteiger partial charge is 0.246 e. The molecule has 0 radical (unpaired) electrons. The first-order valence-electron chi connectivity index (χ1n) is 7.42. The second kappa shape index (κ2) is 7.58. The summed E-state index contributed by atoms with van der Waals surface area (Å²) in [6.45, 7) is 3.55. The second-order valence-corrected chi connectivity index (χ2v) is 5.26. The van der Waals surface area contributed by atoms with Gasteiger partial charge >= 0.3 is 0 Å². The Balaban J connectivity index is 1.90. The van der Waals surface area contributed by atoms with Gasteiger partial charge in [0, 0.05) is 44.7 Å². The van der Waals surface area contributed by atoms with Crippen molar-refractivity contribution in [3.8, 4) is 5.75 Å². The number of allylic oxidation sites excluding steroid dienone is 1. The molecule has 0 unspecified atom stereocenters. The second-order valence-electron chi connectivity index (χ2n) is 5.26. The molecule has 0 aromatic heterocycles. The normalized spacial score (nSPS) is 14.9. The van der Waals surface area contributed by atoms with Crippen LogP contribution in [-0.2, 0) is 9.59 Å². The van der Waals surface area contributed by atoms with Gasteiger partial charge in [0.15, 0.2) is 5.78 Å². The summed E-state index contributed by atoms with van der Waals surface area (Å²) < 4.78 is 5.03. The first kappa shape index (κ1) is 16.7. The van der Waals surface area contributed by atoms with Crippen LogP contribution in [0.25, 0.3) is 0 Å².